The zero-order valence-electron chi connectivity index (χ0n) is 17.5. The van der Waals surface area contributed by atoms with E-state index in [4.69, 9.17) is 9.47 Å². The molecule has 0 aliphatic carbocycles. The number of aromatic nitrogens is 3. The average molecular weight is 460 g/mol. The molecule has 9 nitrogen and oxygen atoms in total. The van der Waals surface area contributed by atoms with Crippen molar-refractivity contribution in [3.63, 3.8) is 0 Å². The van der Waals surface area contributed by atoms with E-state index in [0.717, 1.165) is 11.8 Å². The van der Waals surface area contributed by atoms with Gasteiger partial charge in [0.25, 0.3) is 0 Å². The predicted molar refractivity (Wildman–Crippen MR) is 117 cm³/mol. The van der Waals surface area contributed by atoms with Crippen molar-refractivity contribution in [1.82, 2.24) is 25.4 Å². The summed E-state index contributed by atoms with van der Waals surface area (Å²) in [5, 5.41) is 13.2. The molecule has 0 spiro atoms. The van der Waals surface area contributed by atoms with Crippen LogP contribution in [0.1, 0.15) is 12.7 Å². The quantitative estimate of drug-likeness (QED) is 0.474. The maximum atomic E-state index is 14.5. The van der Waals surface area contributed by atoms with Crippen LogP contribution in [0.3, 0.4) is 0 Å². The van der Waals surface area contributed by atoms with Crippen molar-refractivity contribution in [1.29, 1.82) is 0 Å². The second-order valence-corrected chi connectivity index (χ2v) is 7.29. The van der Waals surface area contributed by atoms with Gasteiger partial charge >= 0.3 is 6.03 Å². The Balaban J connectivity index is 1.78. The molecule has 0 aliphatic rings. The second-order valence-electron chi connectivity index (χ2n) is 6.35. The van der Waals surface area contributed by atoms with Crippen molar-refractivity contribution in [2.24, 2.45) is 0 Å². The number of thioether (sulfide) groups is 1. The number of imide groups is 1. The number of hydrogen-bond acceptors (Lipinski definition) is 7. The van der Waals surface area contributed by atoms with Gasteiger partial charge in [-0.1, -0.05) is 23.9 Å². The van der Waals surface area contributed by atoms with Crippen molar-refractivity contribution in [3.05, 3.63) is 60.2 Å². The van der Waals surface area contributed by atoms with Crippen LogP contribution in [-0.2, 0) is 11.4 Å². The van der Waals surface area contributed by atoms with E-state index in [2.05, 4.69) is 20.8 Å². The SMILES string of the molecule is CCNC(=O)NC(=O)CSc1nnc(COc2ccc(OC)cc2)n1-c1ccccc1F. The number of nitrogens with one attached hydrogen (secondary N) is 2. The minimum Gasteiger partial charge on any atom is -0.497 e. The molecule has 0 unspecified atom stereocenters. The molecule has 0 saturated heterocycles. The number of para-hydroxylation sites is 1. The lowest BCUT2D eigenvalue weighted by Crippen LogP contribution is -2.40. The molecule has 3 rings (SSSR count). The fraction of sp³-hybridized carbons (Fsp3) is 0.238. The highest BCUT2D eigenvalue weighted by Gasteiger charge is 2.19. The van der Waals surface area contributed by atoms with Crippen molar-refractivity contribution in [2.45, 2.75) is 18.7 Å². The molecule has 32 heavy (non-hydrogen) atoms. The fourth-order valence-electron chi connectivity index (χ4n) is 2.68. The maximum Gasteiger partial charge on any atom is 0.321 e. The number of ether oxygens (including phenoxy) is 2. The van der Waals surface area contributed by atoms with Crippen molar-refractivity contribution in [3.8, 4) is 17.2 Å². The normalized spacial score (nSPS) is 10.5. The van der Waals surface area contributed by atoms with Crippen LogP contribution in [0.4, 0.5) is 9.18 Å². The summed E-state index contributed by atoms with van der Waals surface area (Å²) in [6.07, 6.45) is 0. The van der Waals surface area contributed by atoms with Gasteiger partial charge in [-0.25, -0.2) is 9.18 Å². The van der Waals surface area contributed by atoms with E-state index in [-0.39, 0.29) is 23.2 Å². The van der Waals surface area contributed by atoms with Crippen LogP contribution in [0.5, 0.6) is 11.5 Å². The summed E-state index contributed by atoms with van der Waals surface area (Å²) in [6, 6.07) is 12.6. The Morgan fingerprint density at radius 1 is 1.09 bits per heavy atom. The van der Waals surface area contributed by atoms with E-state index in [1.165, 1.54) is 10.6 Å². The molecule has 0 radical (unpaired) electrons. The third-order valence-corrected chi connectivity index (χ3v) is 5.07. The third-order valence-electron chi connectivity index (χ3n) is 4.14. The maximum absolute atomic E-state index is 14.5. The number of benzene rings is 2. The Hall–Kier alpha value is -3.60. The Kier molecular flexibility index (Phi) is 8.03. The Morgan fingerprint density at radius 2 is 1.81 bits per heavy atom. The van der Waals surface area contributed by atoms with Crippen LogP contribution >= 0.6 is 11.8 Å². The van der Waals surface area contributed by atoms with Gasteiger partial charge in [0.1, 0.15) is 23.9 Å². The molecule has 3 amide bonds. The molecule has 168 valence electrons. The summed E-state index contributed by atoms with van der Waals surface area (Å²) in [5.74, 6) is 0.508. The van der Waals surface area contributed by atoms with E-state index < -0.39 is 17.8 Å². The Bertz CT molecular complexity index is 1070. The van der Waals surface area contributed by atoms with Crippen LogP contribution in [0.15, 0.2) is 53.7 Å². The topological polar surface area (TPSA) is 107 Å². The molecule has 3 aromatic rings. The van der Waals surface area contributed by atoms with Crippen molar-refractivity contribution in [2.75, 3.05) is 19.4 Å². The summed E-state index contributed by atoms with van der Waals surface area (Å²) in [4.78, 5) is 23.5. The summed E-state index contributed by atoms with van der Waals surface area (Å²) < 4.78 is 26.9. The summed E-state index contributed by atoms with van der Waals surface area (Å²) in [7, 11) is 1.57. The first kappa shape index (κ1) is 23.1. The predicted octanol–water partition coefficient (Wildman–Crippen LogP) is 2.93. The lowest BCUT2D eigenvalue weighted by atomic mass is 10.3. The minimum absolute atomic E-state index is 0.0132. The van der Waals surface area contributed by atoms with E-state index in [0.29, 0.717) is 23.9 Å². The Morgan fingerprint density at radius 3 is 2.50 bits per heavy atom. The smallest absolute Gasteiger partial charge is 0.321 e. The molecule has 1 aromatic heterocycles. The van der Waals surface area contributed by atoms with Crippen molar-refractivity contribution >= 4 is 23.7 Å². The summed E-state index contributed by atoms with van der Waals surface area (Å²) >= 11 is 1.02. The first-order chi connectivity index (χ1) is 15.5. The lowest BCUT2D eigenvalue weighted by molar-refractivity contribution is -0.117. The first-order valence-corrected chi connectivity index (χ1v) is 10.7. The number of halogens is 1. The number of nitrogens with zero attached hydrogens (tertiary/aromatic N) is 3. The third kappa shape index (κ3) is 5.97. The zero-order valence-corrected chi connectivity index (χ0v) is 18.3. The standard InChI is InChI=1S/C21H22FN5O4S/c1-3-23-20(29)24-19(28)13-32-21-26-25-18(27(21)17-7-5-4-6-16(17)22)12-31-15-10-8-14(30-2)9-11-15/h4-11H,3,12-13H2,1-2H3,(H2,23,24,28,29). The van der Waals surface area contributed by atoms with Gasteiger partial charge in [-0.05, 0) is 43.3 Å². The van der Waals surface area contributed by atoms with Gasteiger partial charge in [0.05, 0.1) is 18.6 Å². The van der Waals surface area contributed by atoms with Gasteiger partial charge in [0.2, 0.25) is 5.91 Å². The molecule has 11 heteroatoms. The van der Waals surface area contributed by atoms with Crippen molar-refractivity contribution < 1.29 is 23.5 Å². The number of rotatable bonds is 9. The summed E-state index contributed by atoms with van der Waals surface area (Å²) in [5.41, 5.74) is 0.220. The van der Waals surface area contributed by atoms with Crippen LogP contribution in [0.25, 0.3) is 5.69 Å². The highest BCUT2D eigenvalue weighted by Crippen LogP contribution is 2.25. The Labute approximate surface area is 188 Å². The number of urea groups is 1. The van der Waals surface area contributed by atoms with Crippen LogP contribution in [-0.4, -0.2) is 46.1 Å². The molecule has 0 atom stereocenters. The number of carbonyl (C=O) groups is 2. The molecular formula is C21H22FN5O4S. The highest BCUT2D eigenvalue weighted by atomic mass is 32.2. The molecule has 2 N–H and O–H groups in total. The molecule has 0 aliphatic heterocycles. The molecule has 0 saturated carbocycles. The largest absolute Gasteiger partial charge is 0.497 e. The second kappa shape index (κ2) is 11.1. The van der Waals surface area contributed by atoms with Gasteiger partial charge < -0.3 is 14.8 Å². The zero-order chi connectivity index (χ0) is 22.9. The van der Waals surface area contributed by atoms with Gasteiger partial charge in [-0.2, -0.15) is 0 Å². The average Bonchev–Trinajstić information content (AvgIpc) is 3.19. The number of carbonyl (C=O) groups excluding carboxylic acids is 2. The van der Waals surface area contributed by atoms with Gasteiger partial charge in [-0.3, -0.25) is 14.7 Å². The number of hydrogen-bond donors (Lipinski definition) is 2. The van der Waals surface area contributed by atoms with Gasteiger partial charge in [-0.15, -0.1) is 10.2 Å². The molecular weight excluding hydrogens is 437 g/mol. The summed E-state index contributed by atoms with van der Waals surface area (Å²) in [6.45, 7) is 2.15. The van der Waals surface area contributed by atoms with Gasteiger partial charge in [0.15, 0.2) is 11.0 Å². The first-order valence-electron chi connectivity index (χ1n) is 9.68. The van der Waals surface area contributed by atoms with Crippen LogP contribution < -0.4 is 20.1 Å². The highest BCUT2D eigenvalue weighted by molar-refractivity contribution is 7.99. The van der Waals surface area contributed by atoms with E-state index in [1.54, 1.807) is 56.5 Å². The molecule has 2 aromatic carbocycles. The van der Waals surface area contributed by atoms with E-state index in [9.17, 15) is 14.0 Å². The molecule has 0 bridgehead atoms. The minimum atomic E-state index is -0.581. The number of amides is 3. The van der Waals surface area contributed by atoms with E-state index in [1.807, 2.05) is 0 Å². The van der Waals surface area contributed by atoms with E-state index >= 15 is 0 Å². The van der Waals surface area contributed by atoms with Crippen LogP contribution in [0.2, 0.25) is 0 Å². The fourth-order valence-corrected chi connectivity index (χ4v) is 3.44. The molecule has 1 heterocycles. The van der Waals surface area contributed by atoms with Gasteiger partial charge in [0, 0.05) is 6.54 Å². The van der Waals surface area contributed by atoms with Crippen LogP contribution in [0, 0.1) is 5.82 Å². The lowest BCUT2D eigenvalue weighted by Gasteiger charge is -2.12. The molecule has 0 fully saturated rings. The monoisotopic (exact) mass is 459 g/mol. The number of methoxy groups -OCH3 is 1.